The van der Waals surface area contributed by atoms with Crippen molar-refractivity contribution < 1.29 is 36.8 Å². The van der Waals surface area contributed by atoms with Crippen molar-refractivity contribution in [3.63, 3.8) is 0 Å². The van der Waals surface area contributed by atoms with Crippen LogP contribution >= 0.6 is 0 Å². The number of ether oxygens (including phenoxy) is 1. The van der Waals surface area contributed by atoms with Crippen molar-refractivity contribution in [2.45, 2.75) is 66.3 Å². The van der Waals surface area contributed by atoms with Gasteiger partial charge in [0.05, 0.1) is 31.8 Å². The average Bonchev–Trinajstić information content (AvgIpc) is 3.12. The van der Waals surface area contributed by atoms with Gasteiger partial charge in [-0.1, -0.05) is 6.92 Å². The number of nitrogens with zero attached hydrogens (tertiary/aromatic N) is 2. The maximum atomic E-state index is 12.5. The number of quaternary nitrogens is 1. The summed E-state index contributed by atoms with van der Waals surface area (Å²) in [6.07, 6.45) is 3.12. The summed E-state index contributed by atoms with van der Waals surface area (Å²) >= 11 is 0. The minimum Gasteiger partial charge on any atom is -0.707 e. The molecule has 0 radical (unpaired) electrons. The number of rotatable bonds is 11. The van der Waals surface area contributed by atoms with Gasteiger partial charge in [0.2, 0.25) is 5.91 Å². The zero-order chi connectivity index (χ0) is 23.6. The molecule has 1 heterocycles. The Morgan fingerprint density at radius 3 is 2.23 bits per heavy atom. The summed E-state index contributed by atoms with van der Waals surface area (Å²) in [5.74, 6) is -0.196. The Kier molecular flexibility index (Phi) is 12.1. The first-order chi connectivity index (χ1) is 13.7. The van der Waals surface area contributed by atoms with E-state index in [9.17, 15) is 18.0 Å². The average molecular weight is 453 g/mol. The molecule has 0 bridgehead atoms. The summed E-state index contributed by atoms with van der Waals surface area (Å²) in [6, 6.07) is 0.135. The monoisotopic (exact) mass is 452 g/mol. The lowest BCUT2D eigenvalue weighted by Crippen LogP contribution is -2.44. The molecule has 1 aliphatic heterocycles. The maximum absolute atomic E-state index is 12.5. The van der Waals surface area contributed by atoms with E-state index in [1.54, 1.807) is 0 Å². The Morgan fingerprint density at radius 2 is 1.87 bits per heavy atom. The molecule has 0 aliphatic carbocycles. The molecule has 0 saturated carbocycles. The van der Waals surface area contributed by atoms with Gasteiger partial charge in [0.15, 0.2) is 0 Å². The Hall–Kier alpha value is -1.23. The summed E-state index contributed by atoms with van der Waals surface area (Å²) in [6.45, 7) is 12.5. The molecule has 0 spiro atoms. The number of likely N-dealkylation sites (N-methyl/N-ethyl adjacent to an activating group) is 1. The number of amides is 1. The van der Waals surface area contributed by atoms with E-state index in [4.69, 9.17) is 9.99 Å². The SMILES string of the molecule is CCC(CC(C)(C)C(=O)OCC[N+](C)(C)CC)N1CCCC1=O.CCS(=O)(=O)O[O-]. The predicted octanol–water partition coefficient (Wildman–Crippen LogP) is 1.07. The van der Waals surface area contributed by atoms with Crippen LogP contribution in [0.2, 0.25) is 0 Å². The van der Waals surface area contributed by atoms with Gasteiger partial charge in [-0.3, -0.25) is 9.59 Å². The van der Waals surface area contributed by atoms with Gasteiger partial charge in [-0.25, -0.2) is 8.42 Å². The maximum Gasteiger partial charge on any atom is 0.311 e. The molecule has 0 aromatic heterocycles. The van der Waals surface area contributed by atoms with Crippen molar-refractivity contribution in [2.75, 3.05) is 46.1 Å². The molecule has 0 aromatic carbocycles. The Labute approximate surface area is 182 Å². The molecular weight excluding hydrogens is 412 g/mol. The van der Waals surface area contributed by atoms with E-state index in [0.29, 0.717) is 19.4 Å². The summed E-state index contributed by atoms with van der Waals surface area (Å²) in [5, 5.41) is 9.09. The summed E-state index contributed by atoms with van der Waals surface area (Å²) in [4.78, 5) is 26.4. The smallest absolute Gasteiger partial charge is 0.311 e. The van der Waals surface area contributed by atoms with Crippen LogP contribution in [0.15, 0.2) is 0 Å². The first-order valence-electron chi connectivity index (χ1n) is 10.6. The second-order valence-corrected chi connectivity index (χ2v) is 10.7. The van der Waals surface area contributed by atoms with Crippen LogP contribution in [0.4, 0.5) is 0 Å². The van der Waals surface area contributed by atoms with Crippen LogP contribution < -0.4 is 5.26 Å². The number of carbonyl (C=O) groups is 2. The van der Waals surface area contributed by atoms with Crippen LogP contribution in [0.3, 0.4) is 0 Å². The van der Waals surface area contributed by atoms with Gasteiger partial charge in [0.25, 0.3) is 10.1 Å². The molecule has 1 rings (SSSR count). The lowest BCUT2D eigenvalue weighted by atomic mass is 9.84. The number of esters is 1. The fourth-order valence-electron chi connectivity index (χ4n) is 2.99. The van der Waals surface area contributed by atoms with Crippen LogP contribution in [0, 0.1) is 5.41 Å². The fraction of sp³-hybridized carbons (Fsp3) is 0.900. The highest BCUT2D eigenvalue weighted by Crippen LogP contribution is 2.30. The van der Waals surface area contributed by atoms with Crippen molar-refractivity contribution in [2.24, 2.45) is 5.41 Å². The van der Waals surface area contributed by atoms with Gasteiger partial charge < -0.3 is 23.7 Å². The van der Waals surface area contributed by atoms with E-state index in [1.807, 2.05) is 18.7 Å². The van der Waals surface area contributed by atoms with Crippen LogP contribution in [0.1, 0.15) is 60.3 Å². The molecule has 10 heteroatoms. The highest BCUT2D eigenvalue weighted by Gasteiger charge is 2.36. The van der Waals surface area contributed by atoms with E-state index in [-0.39, 0.29) is 23.7 Å². The van der Waals surface area contributed by atoms with Crippen LogP contribution in [-0.2, 0) is 28.8 Å². The standard InChI is InChI=1S/C18H35N2O3.C2H6O4S/c1-7-15(19-11-9-10-16(19)21)14-18(3,4)17(22)23-13-12-20(5,6)8-2;1-2-7(4,5)6-3/h15H,7-14H2,1-6H3;3H,2H2,1H3/q+1;/p-1. The molecule has 1 amide bonds. The molecule has 9 nitrogen and oxygen atoms in total. The van der Waals surface area contributed by atoms with E-state index >= 15 is 0 Å². The van der Waals surface area contributed by atoms with Gasteiger partial charge in [-0.05, 0) is 47.0 Å². The van der Waals surface area contributed by atoms with Gasteiger partial charge in [-0.15, -0.1) is 0 Å². The largest absolute Gasteiger partial charge is 0.707 e. The van der Waals surface area contributed by atoms with Gasteiger partial charge in [-0.2, -0.15) is 0 Å². The molecule has 0 aromatic rings. The second kappa shape index (κ2) is 12.6. The predicted molar refractivity (Wildman–Crippen MR) is 112 cm³/mol. The highest BCUT2D eigenvalue weighted by molar-refractivity contribution is 7.86. The highest BCUT2D eigenvalue weighted by atomic mass is 32.2. The van der Waals surface area contributed by atoms with Crippen molar-refractivity contribution >= 4 is 22.0 Å². The number of hydrogen-bond donors (Lipinski definition) is 0. The van der Waals surface area contributed by atoms with Crippen molar-refractivity contribution in [1.29, 1.82) is 0 Å². The first kappa shape index (κ1) is 28.8. The molecule has 1 fully saturated rings. The fourth-order valence-corrected chi connectivity index (χ4v) is 3.09. The van der Waals surface area contributed by atoms with Gasteiger partial charge in [0, 0.05) is 19.0 Å². The molecule has 1 unspecified atom stereocenters. The summed E-state index contributed by atoms with van der Waals surface area (Å²) < 4.78 is 28.8. The quantitative estimate of drug-likeness (QED) is 0.199. The molecule has 30 heavy (non-hydrogen) atoms. The van der Waals surface area contributed by atoms with Gasteiger partial charge >= 0.3 is 5.97 Å². The minimum atomic E-state index is -3.71. The zero-order valence-corrected chi connectivity index (χ0v) is 20.4. The lowest BCUT2D eigenvalue weighted by Gasteiger charge is -2.33. The van der Waals surface area contributed by atoms with Crippen molar-refractivity contribution in [3.8, 4) is 0 Å². The number of likely N-dealkylation sites (tertiary alicyclic amines) is 1. The Morgan fingerprint density at radius 1 is 1.27 bits per heavy atom. The molecule has 1 aliphatic rings. The third kappa shape index (κ3) is 10.2. The molecule has 0 N–H and O–H groups in total. The molecule has 1 saturated heterocycles. The van der Waals surface area contributed by atoms with Crippen LogP contribution in [-0.4, -0.2) is 81.8 Å². The number of carbonyl (C=O) groups excluding carboxylic acids is 2. The summed E-state index contributed by atoms with van der Waals surface area (Å²) in [5.41, 5.74) is -0.563. The van der Waals surface area contributed by atoms with E-state index in [0.717, 1.165) is 37.0 Å². The van der Waals surface area contributed by atoms with Crippen LogP contribution in [0.25, 0.3) is 0 Å². The Balaban J connectivity index is 0.00000103. The van der Waals surface area contributed by atoms with E-state index < -0.39 is 15.5 Å². The molecule has 1 atom stereocenters. The van der Waals surface area contributed by atoms with Crippen molar-refractivity contribution in [3.05, 3.63) is 0 Å². The van der Waals surface area contributed by atoms with Gasteiger partial charge in [0.1, 0.15) is 13.2 Å². The number of hydrogen-bond acceptors (Lipinski definition) is 7. The third-order valence-corrected chi connectivity index (χ3v) is 6.48. The zero-order valence-electron chi connectivity index (χ0n) is 19.6. The molecule has 178 valence electrons. The second-order valence-electron chi connectivity index (χ2n) is 8.87. The first-order valence-corrected chi connectivity index (χ1v) is 12.2. The van der Waals surface area contributed by atoms with E-state index in [2.05, 4.69) is 32.3 Å². The Bertz CT molecular complexity index is 638. The third-order valence-electron chi connectivity index (χ3n) is 5.56. The van der Waals surface area contributed by atoms with Crippen LogP contribution in [0.5, 0.6) is 0 Å². The molecular formula is C20H40N2O7S. The lowest BCUT2D eigenvalue weighted by molar-refractivity contribution is -0.888. The topological polar surface area (TPSA) is 113 Å². The summed E-state index contributed by atoms with van der Waals surface area (Å²) in [7, 11) is 0.547. The normalized spacial score (nSPS) is 16.1. The van der Waals surface area contributed by atoms with Crippen molar-refractivity contribution in [1.82, 2.24) is 4.90 Å². The minimum absolute atomic E-state index is 0.135. The van der Waals surface area contributed by atoms with E-state index in [1.165, 1.54) is 6.92 Å².